The zero-order chi connectivity index (χ0) is 24.6. The second-order valence-corrected chi connectivity index (χ2v) is 8.05. The number of rotatable bonds is 6. The Bertz CT molecular complexity index is 1220. The average Bonchev–Trinajstić information content (AvgIpc) is 3.35. The van der Waals surface area contributed by atoms with Crippen LogP contribution in [0.3, 0.4) is 0 Å². The summed E-state index contributed by atoms with van der Waals surface area (Å²) in [5.41, 5.74) is 5.95. The molecule has 0 aliphatic carbocycles. The van der Waals surface area contributed by atoms with E-state index in [4.69, 9.17) is 10.8 Å². The molecule has 4 rings (SSSR count). The van der Waals surface area contributed by atoms with E-state index in [1.54, 1.807) is 36.1 Å². The smallest absolute Gasteiger partial charge is 0.436 e. The number of carbonyl (C=O) groups excluding carboxylic acids is 1. The Morgan fingerprint density at radius 1 is 1.12 bits per heavy atom. The molecule has 0 bridgehead atoms. The summed E-state index contributed by atoms with van der Waals surface area (Å²) in [4.78, 5) is 25.9. The normalized spacial score (nSPS) is 14.1. The number of fused-ring (bicyclic) bond motifs is 1. The quantitative estimate of drug-likeness (QED) is 0.471. The molecule has 0 fully saturated rings. The molecule has 1 atom stereocenters. The van der Waals surface area contributed by atoms with Crippen molar-refractivity contribution in [2.24, 2.45) is 0 Å². The molecule has 0 saturated carbocycles. The number of nitrogen functional groups attached to an aromatic ring is 1. The molecular formula is C23H22F3N5O3. The first-order valence-electron chi connectivity index (χ1n) is 10.5. The van der Waals surface area contributed by atoms with Crippen molar-refractivity contribution in [3.63, 3.8) is 0 Å². The number of benzene rings is 2. The molecular weight excluding hydrogens is 451 g/mol. The van der Waals surface area contributed by atoms with Crippen LogP contribution in [0.25, 0.3) is 0 Å². The Balaban J connectivity index is 1.64. The van der Waals surface area contributed by atoms with Gasteiger partial charge in [0, 0.05) is 18.8 Å². The Hall–Kier alpha value is -4.02. The molecule has 34 heavy (non-hydrogen) atoms. The van der Waals surface area contributed by atoms with Crippen LogP contribution in [0.4, 0.5) is 24.7 Å². The molecule has 178 valence electrons. The van der Waals surface area contributed by atoms with Crippen LogP contribution >= 0.6 is 0 Å². The maximum Gasteiger partial charge on any atom is 0.436 e. The number of carboxylic acids is 1. The predicted molar refractivity (Wildman–Crippen MR) is 118 cm³/mol. The highest BCUT2D eigenvalue weighted by Crippen LogP contribution is 2.38. The molecule has 1 amide bonds. The Morgan fingerprint density at radius 3 is 2.35 bits per heavy atom. The van der Waals surface area contributed by atoms with Gasteiger partial charge in [0.1, 0.15) is 11.4 Å². The van der Waals surface area contributed by atoms with Gasteiger partial charge in [-0.25, -0.2) is 9.48 Å². The zero-order valence-electron chi connectivity index (χ0n) is 18.1. The van der Waals surface area contributed by atoms with E-state index >= 15 is 0 Å². The van der Waals surface area contributed by atoms with Gasteiger partial charge in [0.2, 0.25) is 0 Å². The third-order valence-electron chi connectivity index (χ3n) is 5.66. The maximum absolute atomic E-state index is 13.8. The topological polar surface area (TPSA) is 113 Å². The Kier molecular flexibility index (Phi) is 5.94. The summed E-state index contributed by atoms with van der Waals surface area (Å²) in [7, 11) is 0. The molecule has 2 aromatic carbocycles. The fourth-order valence-electron chi connectivity index (χ4n) is 3.92. The van der Waals surface area contributed by atoms with Gasteiger partial charge in [-0.2, -0.15) is 18.3 Å². The third kappa shape index (κ3) is 4.54. The number of alkyl halides is 3. The van der Waals surface area contributed by atoms with Crippen LogP contribution < -0.4 is 16.0 Å². The van der Waals surface area contributed by atoms with E-state index in [2.05, 4.69) is 10.4 Å². The van der Waals surface area contributed by atoms with Crippen molar-refractivity contribution in [2.45, 2.75) is 32.2 Å². The molecule has 1 aromatic heterocycles. The van der Waals surface area contributed by atoms with Gasteiger partial charge in [0.15, 0.2) is 5.69 Å². The summed E-state index contributed by atoms with van der Waals surface area (Å²) in [6, 6.07) is 12.1. The van der Waals surface area contributed by atoms with Crippen LogP contribution in [-0.4, -0.2) is 33.3 Å². The molecule has 11 heteroatoms. The van der Waals surface area contributed by atoms with Crippen molar-refractivity contribution in [3.8, 4) is 0 Å². The number of hydrogen-bond donors (Lipinski definition) is 3. The van der Waals surface area contributed by atoms with Crippen LogP contribution in [-0.2, 0) is 19.3 Å². The molecule has 3 aromatic rings. The van der Waals surface area contributed by atoms with E-state index in [1.165, 1.54) is 28.9 Å². The highest BCUT2D eigenvalue weighted by atomic mass is 19.4. The first-order chi connectivity index (χ1) is 16.0. The molecule has 1 aliphatic heterocycles. The predicted octanol–water partition coefficient (Wildman–Crippen LogP) is 3.69. The monoisotopic (exact) mass is 473 g/mol. The van der Waals surface area contributed by atoms with Gasteiger partial charge in [-0.05, 0) is 42.3 Å². The van der Waals surface area contributed by atoms with E-state index in [9.17, 15) is 22.8 Å². The van der Waals surface area contributed by atoms with E-state index in [0.717, 1.165) is 5.56 Å². The summed E-state index contributed by atoms with van der Waals surface area (Å²) in [5.74, 6) is -1.91. The van der Waals surface area contributed by atoms with Crippen molar-refractivity contribution in [3.05, 3.63) is 76.5 Å². The van der Waals surface area contributed by atoms with E-state index in [-0.39, 0.29) is 24.5 Å². The summed E-state index contributed by atoms with van der Waals surface area (Å²) in [6.45, 7) is 2.51. The number of aromatic nitrogens is 2. The molecule has 8 nitrogen and oxygen atoms in total. The molecule has 0 spiro atoms. The largest absolute Gasteiger partial charge is 0.478 e. The van der Waals surface area contributed by atoms with Gasteiger partial charge in [-0.3, -0.25) is 4.79 Å². The van der Waals surface area contributed by atoms with Gasteiger partial charge >= 0.3 is 12.1 Å². The van der Waals surface area contributed by atoms with E-state index < -0.39 is 35.4 Å². The lowest BCUT2D eigenvalue weighted by molar-refractivity contribution is -0.141. The molecule has 1 aliphatic rings. The van der Waals surface area contributed by atoms with Crippen LogP contribution in [0.5, 0.6) is 0 Å². The fraction of sp³-hybridized carbons (Fsp3) is 0.261. The molecule has 2 heterocycles. The number of anilines is 2. The number of carboxylic acid groups (broad SMARTS) is 1. The minimum Gasteiger partial charge on any atom is -0.478 e. The fourth-order valence-corrected chi connectivity index (χ4v) is 3.92. The number of amides is 1. The van der Waals surface area contributed by atoms with Crippen LogP contribution in [0.2, 0.25) is 0 Å². The van der Waals surface area contributed by atoms with Gasteiger partial charge in [-0.1, -0.05) is 24.3 Å². The second-order valence-electron chi connectivity index (χ2n) is 8.05. The van der Waals surface area contributed by atoms with E-state index in [0.29, 0.717) is 17.8 Å². The number of hydrogen-bond acceptors (Lipinski definition) is 5. The summed E-state index contributed by atoms with van der Waals surface area (Å²) in [6.07, 6.45) is -4.82. The van der Waals surface area contributed by atoms with Gasteiger partial charge in [0.25, 0.3) is 5.91 Å². The van der Waals surface area contributed by atoms with Gasteiger partial charge in [-0.15, -0.1) is 0 Å². The molecule has 0 saturated heterocycles. The van der Waals surface area contributed by atoms with Crippen LogP contribution in [0, 0.1) is 0 Å². The number of nitrogens with one attached hydrogen (secondary N) is 1. The summed E-state index contributed by atoms with van der Waals surface area (Å²) >= 11 is 0. The Labute approximate surface area is 192 Å². The number of nitrogens with two attached hydrogens (primary N) is 1. The first-order valence-corrected chi connectivity index (χ1v) is 10.5. The third-order valence-corrected chi connectivity index (χ3v) is 5.66. The number of carbonyl (C=O) groups is 2. The lowest BCUT2D eigenvalue weighted by Gasteiger charge is -2.21. The number of nitrogens with zero attached hydrogens (tertiary/aromatic N) is 3. The van der Waals surface area contributed by atoms with Crippen molar-refractivity contribution < 1.29 is 27.9 Å². The second kappa shape index (κ2) is 8.73. The minimum atomic E-state index is -4.82. The summed E-state index contributed by atoms with van der Waals surface area (Å²) in [5, 5.41) is 15.3. The van der Waals surface area contributed by atoms with Gasteiger partial charge < -0.3 is 21.1 Å². The SMILES string of the molecule is C[C@H](NC(=O)c1c(C(F)(F)F)nn2c1N(Cc1ccc(N)cc1)CC2)c1ccc(C(=O)O)cc1. The standard InChI is InChI=1S/C23H22F3N5O3/c1-13(15-4-6-16(7-5-15)22(33)34)28-20(32)18-19(23(24,25)26)29-31-11-10-30(21(18)31)12-14-2-8-17(27)9-3-14/h2-9,13H,10-12,27H2,1H3,(H,28,32)(H,33,34)/t13-/m0/s1. The minimum absolute atomic E-state index is 0.0643. The van der Waals surface area contributed by atoms with Crippen molar-refractivity contribution in [1.82, 2.24) is 15.1 Å². The number of halogens is 3. The molecule has 0 unspecified atom stereocenters. The van der Waals surface area contributed by atoms with Crippen molar-refractivity contribution in [2.75, 3.05) is 17.2 Å². The highest BCUT2D eigenvalue weighted by Gasteiger charge is 2.44. The first kappa shape index (κ1) is 23.1. The van der Waals surface area contributed by atoms with Gasteiger partial charge in [0.05, 0.1) is 18.2 Å². The zero-order valence-corrected chi connectivity index (χ0v) is 18.1. The average molecular weight is 473 g/mol. The lowest BCUT2D eigenvalue weighted by Crippen LogP contribution is -2.31. The van der Waals surface area contributed by atoms with Crippen LogP contribution in [0.1, 0.15) is 50.5 Å². The van der Waals surface area contributed by atoms with Crippen molar-refractivity contribution >= 4 is 23.4 Å². The summed E-state index contributed by atoms with van der Waals surface area (Å²) < 4.78 is 42.6. The number of aromatic carboxylic acids is 1. The molecule has 4 N–H and O–H groups in total. The van der Waals surface area contributed by atoms with E-state index in [1.807, 2.05) is 0 Å². The van der Waals surface area contributed by atoms with Crippen molar-refractivity contribution in [1.29, 1.82) is 0 Å². The highest BCUT2D eigenvalue weighted by molar-refractivity contribution is 6.01. The molecule has 0 radical (unpaired) electrons. The lowest BCUT2D eigenvalue weighted by atomic mass is 10.1. The Morgan fingerprint density at radius 2 is 1.76 bits per heavy atom. The van der Waals surface area contributed by atoms with Crippen LogP contribution in [0.15, 0.2) is 48.5 Å². The maximum atomic E-state index is 13.8.